The van der Waals surface area contributed by atoms with Crippen molar-refractivity contribution in [3.05, 3.63) is 35.6 Å². The summed E-state index contributed by atoms with van der Waals surface area (Å²) in [6, 6.07) is 5.48. The third kappa shape index (κ3) is 5.25. The van der Waals surface area contributed by atoms with Crippen LogP contribution < -0.4 is 10.6 Å². The molecule has 7 nitrogen and oxygen atoms in total. The summed E-state index contributed by atoms with van der Waals surface area (Å²) in [5.74, 6) is -1.15. The van der Waals surface area contributed by atoms with Crippen LogP contribution in [-0.4, -0.2) is 61.8 Å². The third-order valence-electron chi connectivity index (χ3n) is 3.76. The number of benzene rings is 1. The van der Waals surface area contributed by atoms with E-state index in [0.29, 0.717) is 24.4 Å². The van der Waals surface area contributed by atoms with E-state index in [4.69, 9.17) is 4.84 Å². The summed E-state index contributed by atoms with van der Waals surface area (Å²) >= 11 is 0. The van der Waals surface area contributed by atoms with Crippen LogP contribution in [0, 0.1) is 5.82 Å². The molecule has 2 N–H and O–H groups in total. The Morgan fingerprint density at radius 2 is 2.12 bits per heavy atom. The molecule has 0 saturated heterocycles. The van der Waals surface area contributed by atoms with Crippen LogP contribution in [0.2, 0.25) is 0 Å². The first-order valence-electron chi connectivity index (χ1n) is 8.09. The first-order valence-corrected chi connectivity index (χ1v) is 8.09. The van der Waals surface area contributed by atoms with Gasteiger partial charge in [-0.2, -0.15) is 0 Å². The molecule has 0 spiro atoms. The van der Waals surface area contributed by atoms with E-state index in [2.05, 4.69) is 15.8 Å². The Bertz CT molecular complexity index is 663. The van der Waals surface area contributed by atoms with E-state index in [1.165, 1.54) is 6.07 Å². The Morgan fingerprint density at radius 3 is 2.80 bits per heavy atom. The molecule has 0 aromatic heterocycles. The van der Waals surface area contributed by atoms with Gasteiger partial charge in [-0.3, -0.25) is 9.59 Å². The van der Waals surface area contributed by atoms with Crippen molar-refractivity contribution < 1.29 is 18.8 Å². The van der Waals surface area contributed by atoms with Crippen molar-refractivity contribution in [2.75, 3.05) is 27.2 Å². The SMILES string of the molecule is CC(NC(=O)C1CC(c2ccccc2F)=NO1)C(=O)NCCN(C)C. The predicted molar refractivity (Wildman–Crippen MR) is 91.6 cm³/mol. The van der Waals surface area contributed by atoms with Gasteiger partial charge in [0.1, 0.15) is 11.9 Å². The van der Waals surface area contributed by atoms with Crippen LogP contribution in [0.4, 0.5) is 4.39 Å². The summed E-state index contributed by atoms with van der Waals surface area (Å²) in [5, 5.41) is 9.13. The smallest absolute Gasteiger partial charge is 0.264 e. The highest BCUT2D eigenvalue weighted by Gasteiger charge is 2.31. The maximum absolute atomic E-state index is 13.8. The molecule has 1 aromatic carbocycles. The second-order valence-corrected chi connectivity index (χ2v) is 6.14. The first-order chi connectivity index (χ1) is 11.9. The lowest BCUT2D eigenvalue weighted by atomic mass is 10.0. The summed E-state index contributed by atoms with van der Waals surface area (Å²) in [7, 11) is 3.81. The molecule has 0 fully saturated rings. The number of carbonyl (C=O) groups is 2. The molecule has 1 aliphatic heterocycles. The van der Waals surface area contributed by atoms with Crippen LogP contribution in [0.5, 0.6) is 0 Å². The van der Waals surface area contributed by atoms with Gasteiger partial charge in [-0.1, -0.05) is 23.4 Å². The molecule has 1 aromatic rings. The number of likely N-dealkylation sites (N-methyl/N-ethyl adjacent to an activating group) is 1. The van der Waals surface area contributed by atoms with E-state index in [1.807, 2.05) is 19.0 Å². The molecule has 0 bridgehead atoms. The zero-order chi connectivity index (χ0) is 18.4. The van der Waals surface area contributed by atoms with Crippen LogP contribution in [0.25, 0.3) is 0 Å². The van der Waals surface area contributed by atoms with Crippen LogP contribution in [0.3, 0.4) is 0 Å². The minimum Gasteiger partial charge on any atom is -0.382 e. The summed E-state index contributed by atoms with van der Waals surface area (Å²) in [5.41, 5.74) is 0.689. The average molecular weight is 350 g/mol. The molecule has 8 heteroatoms. The van der Waals surface area contributed by atoms with E-state index in [0.717, 1.165) is 0 Å². The number of amides is 2. The molecule has 0 saturated carbocycles. The van der Waals surface area contributed by atoms with Gasteiger partial charge in [0.05, 0.1) is 5.71 Å². The summed E-state index contributed by atoms with van der Waals surface area (Å²) in [6.45, 7) is 2.79. The lowest BCUT2D eigenvalue weighted by molar-refractivity contribution is -0.135. The fourth-order valence-corrected chi connectivity index (χ4v) is 2.30. The van der Waals surface area contributed by atoms with Gasteiger partial charge in [0.25, 0.3) is 5.91 Å². The van der Waals surface area contributed by atoms with Crippen molar-refractivity contribution >= 4 is 17.5 Å². The van der Waals surface area contributed by atoms with Gasteiger partial charge in [0, 0.05) is 25.1 Å². The fourth-order valence-electron chi connectivity index (χ4n) is 2.30. The minimum absolute atomic E-state index is 0.154. The van der Waals surface area contributed by atoms with Crippen LogP contribution in [0.15, 0.2) is 29.4 Å². The van der Waals surface area contributed by atoms with Gasteiger partial charge in [-0.15, -0.1) is 0 Å². The maximum Gasteiger partial charge on any atom is 0.264 e. The Morgan fingerprint density at radius 1 is 1.40 bits per heavy atom. The molecule has 1 aliphatic rings. The zero-order valence-electron chi connectivity index (χ0n) is 14.6. The number of carbonyl (C=O) groups excluding carboxylic acids is 2. The number of hydrogen-bond donors (Lipinski definition) is 2. The van der Waals surface area contributed by atoms with E-state index in [-0.39, 0.29) is 12.3 Å². The van der Waals surface area contributed by atoms with Crippen LogP contribution in [-0.2, 0) is 14.4 Å². The van der Waals surface area contributed by atoms with E-state index in [9.17, 15) is 14.0 Å². The number of oxime groups is 1. The highest BCUT2D eigenvalue weighted by atomic mass is 19.1. The lowest BCUT2D eigenvalue weighted by Crippen LogP contribution is -2.49. The van der Waals surface area contributed by atoms with E-state index < -0.39 is 23.9 Å². The molecule has 0 radical (unpaired) electrons. The van der Waals surface area contributed by atoms with Crippen molar-refractivity contribution in [3.8, 4) is 0 Å². The minimum atomic E-state index is -0.869. The van der Waals surface area contributed by atoms with Crippen LogP contribution >= 0.6 is 0 Å². The predicted octanol–water partition coefficient (Wildman–Crippen LogP) is 0.501. The molecule has 2 amide bonds. The number of hydrogen-bond acceptors (Lipinski definition) is 5. The Kier molecular flexibility index (Phi) is 6.46. The normalized spacial score (nSPS) is 17.6. The lowest BCUT2D eigenvalue weighted by Gasteiger charge is -2.17. The molecule has 25 heavy (non-hydrogen) atoms. The summed E-state index contributed by atoms with van der Waals surface area (Å²) in [6.07, 6.45) is -0.714. The molecule has 0 aliphatic carbocycles. The molecule has 136 valence electrons. The van der Waals surface area contributed by atoms with E-state index >= 15 is 0 Å². The number of nitrogens with zero attached hydrogens (tertiary/aromatic N) is 2. The fraction of sp³-hybridized carbons (Fsp3) is 0.471. The number of rotatable bonds is 7. The molecule has 1 heterocycles. The van der Waals surface area contributed by atoms with Crippen molar-refractivity contribution in [1.82, 2.24) is 15.5 Å². The second-order valence-electron chi connectivity index (χ2n) is 6.14. The van der Waals surface area contributed by atoms with Crippen molar-refractivity contribution in [2.24, 2.45) is 5.16 Å². The molecule has 2 atom stereocenters. The monoisotopic (exact) mass is 350 g/mol. The number of halogens is 1. The standard InChI is InChI=1S/C17H23FN4O3/c1-11(16(23)19-8-9-22(2)3)20-17(24)15-10-14(21-25-15)12-6-4-5-7-13(12)18/h4-7,11,15H,8-10H2,1-3H3,(H,19,23)(H,20,24). The van der Waals surface area contributed by atoms with Crippen molar-refractivity contribution in [3.63, 3.8) is 0 Å². The highest BCUT2D eigenvalue weighted by molar-refractivity contribution is 6.04. The average Bonchev–Trinajstić information content (AvgIpc) is 3.04. The molecule has 2 rings (SSSR count). The topological polar surface area (TPSA) is 83.0 Å². The first kappa shape index (κ1) is 18.9. The Balaban J connectivity index is 1.82. The molecule has 2 unspecified atom stereocenters. The van der Waals surface area contributed by atoms with Gasteiger partial charge < -0.3 is 20.4 Å². The zero-order valence-corrected chi connectivity index (χ0v) is 14.6. The van der Waals surface area contributed by atoms with Gasteiger partial charge in [-0.05, 0) is 27.1 Å². The summed E-state index contributed by atoms with van der Waals surface area (Å²) in [4.78, 5) is 31.2. The quantitative estimate of drug-likeness (QED) is 0.750. The maximum atomic E-state index is 13.8. The van der Waals surface area contributed by atoms with Crippen molar-refractivity contribution in [1.29, 1.82) is 0 Å². The van der Waals surface area contributed by atoms with Crippen molar-refractivity contribution in [2.45, 2.75) is 25.5 Å². The number of nitrogens with one attached hydrogen (secondary N) is 2. The summed E-state index contributed by atoms with van der Waals surface area (Å²) < 4.78 is 13.8. The van der Waals surface area contributed by atoms with Gasteiger partial charge in [0.15, 0.2) is 0 Å². The van der Waals surface area contributed by atoms with Gasteiger partial charge in [-0.25, -0.2) is 4.39 Å². The Labute approximate surface area is 146 Å². The van der Waals surface area contributed by atoms with E-state index in [1.54, 1.807) is 25.1 Å². The van der Waals surface area contributed by atoms with Gasteiger partial charge >= 0.3 is 0 Å². The van der Waals surface area contributed by atoms with Crippen LogP contribution in [0.1, 0.15) is 18.9 Å². The van der Waals surface area contributed by atoms with Gasteiger partial charge in [0.2, 0.25) is 12.0 Å². The largest absolute Gasteiger partial charge is 0.382 e. The second kappa shape index (κ2) is 8.57. The molecular formula is C17H23FN4O3. The third-order valence-corrected chi connectivity index (χ3v) is 3.76. The molecular weight excluding hydrogens is 327 g/mol. The Hall–Kier alpha value is -2.48. The highest BCUT2D eigenvalue weighted by Crippen LogP contribution is 2.19.